The van der Waals surface area contributed by atoms with Crippen molar-refractivity contribution in [3.05, 3.63) is 76.2 Å². The molecule has 4 rings (SSSR count). The minimum atomic E-state index is -0.673. The van der Waals surface area contributed by atoms with E-state index >= 15 is 0 Å². The lowest BCUT2D eigenvalue weighted by atomic mass is 10.1. The molecule has 0 spiro atoms. The van der Waals surface area contributed by atoms with Gasteiger partial charge in [-0.05, 0) is 35.7 Å². The van der Waals surface area contributed by atoms with Gasteiger partial charge in [0.25, 0.3) is 5.56 Å². The van der Waals surface area contributed by atoms with Crippen LogP contribution in [0.1, 0.15) is 19.7 Å². The number of H-pyrrole nitrogens is 1. The molecular formula is C27H31N3O4S. The molecule has 8 heteroatoms. The number of rotatable bonds is 11. The van der Waals surface area contributed by atoms with Gasteiger partial charge in [0.15, 0.2) is 0 Å². The highest BCUT2D eigenvalue weighted by Gasteiger charge is 2.18. The van der Waals surface area contributed by atoms with E-state index < -0.39 is 6.10 Å². The van der Waals surface area contributed by atoms with Crippen molar-refractivity contribution in [3.63, 3.8) is 0 Å². The van der Waals surface area contributed by atoms with Gasteiger partial charge in [0, 0.05) is 24.0 Å². The molecule has 35 heavy (non-hydrogen) atoms. The summed E-state index contributed by atoms with van der Waals surface area (Å²) in [5, 5.41) is 13.2. The number of para-hydroxylation sites is 1. The van der Waals surface area contributed by atoms with Crippen LogP contribution in [0, 0.1) is 5.92 Å². The Labute approximate surface area is 209 Å². The maximum absolute atomic E-state index is 13.1. The van der Waals surface area contributed by atoms with E-state index in [0.717, 1.165) is 29.2 Å². The van der Waals surface area contributed by atoms with Crippen LogP contribution in [0.2, 0.25) is 0 Å². The molecule has 0 bridgehead atoms. The van der Waals surface area contributed by atoms with Crippen LogP contribution in [-0.4, -0.2) is 52.9 Å². The molecule has 0 fully saturated rings. The van der Waals surface area contributed by atoms with Crippen LogP contribution in [0.5, 0.6) is 11.5 Å². The molecule has 7 nitrogen and oxygen atoms in total. The van der Waals surface area contributed by atoms with Crippen LogP contribution in [-0.2, 0) is 6.54 Å². The van der Waals surface area contributed by atoms with E-state index in [4.69, 9.17) is 14.5 Å². The Balaban J connectivity index is 1.49. The number of fused-ring (bicyclic) bond motifs is 1. The van der Waals surface area contributed by atoms with Gasteiger partial charge in [0.05, 0.1) is 19.0 Å². The number of thiophene rings is 1. The van der Waals surface area contributed by atoms with E-state index in [9.17, 15) is 9.90 Å². The zero-order chi connectivity index (χ0) is 24.8. The summed E-state index contributed by atoms with van der Waals surface area (Å²) in [4.78, 5) is 23.6. The molecule has 0 saturated carbocycles. The second-order valence-electron chi connectivity index (χ2n) is 8.94. The lowest BCUT2D eigenvalue weighted by Gasteiger charge is -2.26. The van der Waals surface area contributed by atoms with E-state index in [1.54, 1.807) is 7.11 Å². The third kappa shape index (κ3) is 6.48. The monoisotopic (exact) mass is 493 g/mol. The predicted octanol–water partition coefficient (Wildman–Crippen LogP) is 4.56. The number of aromatic nitrogens is 2. The molecule has 2 heterocycles. The molecule has 0 aliphatic carbocycles. The first-order valence-corrected chi connectivity index (χ1v) is 12.5. The average molecular weight is 494 g/mol. The van der Waals surface area contributed by atoms with E-state index in [2.05, 4.69) is 23.7 Å². The molecule has 2 aromatic carbocycles. The molecule has 0 saturated heterocycles. The first kappa shape index (κ1) is 24.9. The standard InChI is InChI=1S/C27H31N3O4S/c1-18(2)13-30(14-20(31)16-34-22-7-5-4-6-8-22)15-24-28-26(32)25-23(17-35-27(25)29-24)19-9-11-21(33-3)12-10-19/h4-12,17-18,20,31H,13-16H2,1-3H3,(H,28,29,32)/t20-/m0/s1. The molecule has 0 radical (unpaired) electrons. The quantitative estimate of drug-likeness (QED) is 0.319. The number of nitrogens with zero attached hydrogens (tertiary/aromatic N) is 2. The highest BCUT2D eigenvalue weighted by atomic mass is 32.1. The molecule has 1 atom stereocenters. The predicted molar refractivity (Wildman–Crippen MR) is 140 cm³/mol. The topological polar surface area (TPSA) is 87.7 Å². The van der Waals surface area contributed by atoms with E-state index in [0.29, 0.717) is 35.0 Å². The summed E-state index contributed by atoms with van der Waals surface area (Å²) in [6.07, 6.45) is -0.673. The molecule has 2 N–H and O–H groups in total. The lowest BCUT2D eigenvalue weighted by Crippen LogP contribution is -2.38. The molecule has 184 valence electrons. The number of hydrogen-bond acceptors (Lipinski definition) is 7. The van der Waals surface area contributed by atoms with Crippen molar-refractivity contribution in [2.75, 3.05) is 26.8 Å². The second-order valence-corrected chi connectivity index (χ2v) is 9.79. The Morgan fingerprint density at radius 1 is 1.06 bits per heavy atom. The molecular weight excluding hydrogens is 462 g/mol. The zero-order valence-corrected chi connectivity index (χ0v) is 21.0. The molecule has 0 aliphatic heterocycles. The van der Waals surface area contributed by atoms with Gasteiger partial charge in [-0.3, -0.25) is 9.69 Å². The van der Waals surface area contributed by atoms with Crippen molar-refractivity contribution >= 4 is 21.6 Å². The zero-order valence-electron chi connectivity index (χ0n) is 20.2. The first-order valence-electron chi connectivity index (χ1n) is 11.7. The maximum Gasteiger partial charge on any atom is 0.260 e. The highest BCUT2D eigenvalue weighted by molar-refractivity contribution is 7.17. The van der Waals surface area contributed by atoms with Gasteiger partial charge in [-0.15, -0.1) is 11.3 Å². The molecule has 0 unspecified atom stereocenters. The third-order valence-corrected chi connectivity index (χ3v) is 6.42. The number of aliphatic hydroxyl groups is 1. The third-order valence-electron chi connectivity index (χ3n) is 5.55. The summed E-state index contributed by atoms with van der Waals surface area (Å²) in [6.45, 7) is 6.04. The number of hydrogen-bond donors (Lipinski definition) is 2. The van der Waals surface area contributed by atoms with Crippen LogP contribution in [0.4, 0.5) is 0 Å². The van der Waals surface area contributed by atoms with Crippen LogP contribution in [0.3, 0.4) is 0 Å². The van der Waals surface area contributed by atoms with Crippen LogP contribution >= 0.6 is 11.3 Å². The second kappa shape index (κ2) is 11.5. The van der Waals surface area contributed by atoms with Crippen molar-refractivity contribution < 1.29 is 14.6 Å². The van der Waals surface area contributed by atoms with Crippen LogP contribution in [0.25, 0.3) is 21.3 Å². The number of benzene rings is 2. The lowest BCUT2D eigenvalue weighted by molar-refractivity contribution is 0.0606. The van der Waals surface area contributed by atoms with Crippen molar-refractivity contribution in [3.8, 4) is 22.6 Å². The molecule has 2 aromatic heterocycles. The highest BCUT2D eigenvalue weighted by Crippen LogP contribution is 2.31. The Morgan fingerprint density at radius 2 is 1.80 bits per heavy atom. The molecule has 0 aliphatic rings. The Kier molecular flexibility index (Phi) is 8.17. The SMILES string of the molecule is COc1ccc(-c2csc3nc(CN(CC(C)C)C[C@H](O)COc4ccccc4)[nH]c(=O)c23)cc1. The minimum Gasteiger partial charge on any atom is -0.497 e. The van der Waals surface area contributed by atoms with E-state index in [-0.39, 0.29) is 12.2 Å². The summed E-state index contributed by atoms with van der Waals surface area (Å²) >= 11 is 1.46. The number of aromatic amines is 1. The van der Waals surface area contributed by atoms with Gasteiger partial charge < -0.3 is 19.6 Å². The van der Waals surface area contributed by atoms with E-state index in [1.165, 1.54) is 11.3 Å². The number of nitrogens with one attached hydrogen (secondary N) is 1. The fourth-order valence-electron chi connectivity index (χ4n) is 4.04. The first-order chi connectivity index (χ1) is 16.9. The number of ether oxygens (including phenoxy) is 2. The smallest absolute Gasteiger partial charge is 0.260 e. The van der Waals surface area contributed by atoms with Gasteiger partial charge in [0.1, 0.15) is 34.9 Å². The van der Waals surface area contributed by atoms with E-state index in [1.807, 2.05) is 60.0 Å². The fourth-order valence-corrected chi connectivity index (χ4v) is 5.01. The maximum atomic E-state index is 13.1. The Morgan fingerprint density at radius 3 is 2.49 bits per heavy atom. The Bertz CT molecular complexity index is 1290. The van der Waals surface area contributed by atoms with Crippen molar-refractivity contribution in [2.24, 2.45) is 5.92 Å². The van der Waals surface area contributed by atoms with Crippen molar-refractivity contribution in [1.82, 2.24) is 14.9 Å². The minimum absolute atomic E-state index is 0.158. The summed E-state index contributed by atoms with van der Waals surface area (Å²) in [6, 6.07) is 17.1. The number of aliphatic hydroxyl groups excluding tert-OH is 1. The largest absolute Gasteiger partial charge is 0.497 e. The van der Waals surface area contributed by atoms with Crippen molar-refractivity contribution in [1.29, 1.82) is 0 Å². The van der Waals surface area contributed by atoms with Gasteiger partial charge in [0.2, 0.25) is 0 Å². The van der Waals surface area contributed by atoms with Crippen molar-refractivity contribution in [2.45, 2.75) is 26.5 Å². The summed E-state index contributed by atoms with van der Waals surface area (Å²) in [5.74, 6) is 2.46. The van der Waals surface area contributed by atoms with Gasteiger partial charge >= 0.3 is 0 Å². The van der Waals surface area contributed by atoms with Gasteiger partial charge in [-0.25, -0.2) is 4.98 Å². The van der Waals surface area contributed by atoms with Crippen LogP contribution in [0.15, 0.2) is 64.8 Å². The summed E-state index contributed by atoms with van der Waals surface area (Å²) < 4.78 is 10.9. The summed E-state index contributed by atoms with van der Waals surface area (Å²) in [7, 11) is 1.63. The molecule has 4 aromatic rings. The number of methoxy groups -OCH3 is 1. The van der Waals surface area contributed by atoms with Crippen LogP contribution < -0.4 is 15.0 Å². The average Bonchev–Trinajstić information content (AvgIpc) is 3.27. The normalized spacial score (nSPS) is 12.4. The van der Waals surface area contributed by atoms with Gasteiger partial charge in [-0.1, -0.05) is 44.2 Å². The Hall–Kier alpha value is -3.20. The fraction of sp³-hybridized carbons (Fsp3) is 0.333. The molecule has 0 amide bonds. The van der Waals surface area contributed by atoms with Gasteiger partial charge in [-0.2, -0.15) is 0 Å². The summed E-state index contributed by atoms with van der Waals surface area (Å²) in [5.41, 5.74) is 1.65.